The molecule has 1 aliphatic heterocycles. The lowest BCUT2D eigenvalue weighted by Gasteiger charge is -2.26. The second-order valence-corrected chi connectivity index (χ2v) is 7.16. The van der Waals surface area contributed by atoms with E-state index in [-0.39, 0.29) is 31.3 Å². The van der Waals surface area contributed by atoms with E-state index in [1.165, 1.54) is 30.5 Å². The van der Waals surface area contributed by atoms with Crippen LogP contribution in [0.1, 0.15) is 20.3 Å². The molecule has 0 spiro atoms. The maximum atomic E-state index is 12.5. The highest BCUT2D eigenvalue weighted by atomic mass is 32.2. The summed E-state index contributed by atoms with van der Waals surface area (Å²) in [4.78, 5) is 36.9. The molecule has 1 aliphatic rings. The molecular formula is C18H24N2O6S. The van der Waals surface area contributed by atoms with Crippen molar-refractivity contribution >= 4 is 29.5 Å². The van der Waals surface area contributed by atoms with Crippen LogP contribution in [0.15, 0.2) is 23.1 Å². The summed E-state index contributed by atoms with van der Waals surface area (Å²) >= 11 is 1.49. The molecule has 2 amide bonds. The van der Waals surface area contributed by atoms with Gasteiger partial charge in [-0.25, -0.2) is 4.79 Å². The van der Waals surface area contributed by atoms with Gasteiger partial charge >= 0.3 is 5.97 Å². The first-order chi connectivity index (χ1) is 12.9. The number of rotatable bonds is 9. The second-order valence-electron chi connectivity index (χ2n) is 5.99. The predicted molar refractivity (Wildman–Crippen MR) is 100 cm³/mol. The first-order valence-corrected chi connectivity index (χ1v) is 9.66. The van der Waals surface area contributed by atoms with Crippen molar-refractivity contribution < 1.29 is 29.0 Å². The quantitative estimate of drug-likeness (QED) is 0.608. The zero-order valence-electron chi connectivity index (χ0n) is 15.4. The first-order valence-electron chi connectivity index (χ1n) is 8.67. The van der Waals surface area contributed by atoms with Crippen LogP contribution in [0.25, 0.3) is 0 Å². The molecule has 1 aromatic rings. The molecule has 1 atom stereocenters. The molecule has 1 heterocycles. The van der Waals surface area contributed by atoms with Crippen LogP contribution in [-0.2, 0) is 14.4 Å². The van der Waals surface area contributed by atoms with Crippen molar-refractivity contribution in [1.82, 2.24) is 10.2 Å². The van der Waals surface area contributed by atoms with Gasteiger partial charge in [-0.2, -0.15) is 0 Å². The molecule has 0 radical (unpaired) electrons. The van der Waals surface area contributed by atoms with Gasteiger partial charge in [-0.3, -0.25) is 9.59 Å². The van der Waals surface area contributed by atoms with Crippen LogP contribution in [-0.4, -0.2) is 65.9 Å². The molecule has 0 fully saturated rings. The molecule has 0 bridgehead atoms. The van der Waals surface area contributed by atoms with Crippen LogP contribution < -0.4 is 14.8 Å². The summed E-state index contributed by atoms with van der Waals surface area (Å²) in [6, 6.07) is 4.66. The highest BCUT2D eigenvalue weighted by Gasteiger charge is 2.25. The van der Waals surface area contributed by atoms with E-state index < -0.39 is 12.0 Å². The van der Waals surface area contributed by atoms with E-state index >= 15 is 0 Å². The van der Waals surface area contributed by atoms with Crippen LogP contribution in [0.5, 0.6) is 11.5 Å². The monoisotopic (exact) mass is 396 g/mol. The lowest BCUT2D eigenvalue weighted by Crippen LogP contribution is -2.46. The van der Waals surface area contributed by atoms with Gasteiger partial charge in [0.15, 0.2) is 11.5 Å². The van der Waals surface area contributed by atoms with Crippen molar-refractivity contribution in [2.75, 3.05) is 32.1 Å². The van der Waals surface area contributed by atoms with E-state index in [4.69, 9.17) is 9.47 Å². The van der Waals surface area contributed by atoms with E-state index in [2.05, 4.69) is 5.32 Å². The molecule has 0 aliphatic carbocycles. The minimum atomic E-state index is -1.08. The Morgan fingerprint density at radius 2 is 1.96 bits per heavy atom. The maximum Gasteiger partial charge on any atom is 0.326 e. The van der Waals surface area contributed by atoms with Gasteiger partial charge in [0.05, 0.1) is 0 Å². The lowest BCUT2D eigenvalue weighted by atomic mass is 10.2. The number of fused-ring (bicyclic) bond motifs is 1. The SMILES string of the molecule is CC(=O)NCCN(C(=O)CCSc1ccc2c(c1)OCCO2)C(C)C(=O)O. The fourth-order valence-corrected chi connectivity index (χ4v) is 3.40. The number of nitrogens with one attached hydrogen (secondary N) is 1. The fourth-order valence-electron chi connectivity index (χ4n) is 2.53. The Bertz CT molecular complexity index is 696. The van der Waals surface area contributed by atoms with Crippen molar-refractivity contribution in [3.05, 3.63) is 18.2 Å². The van der Waals surface area contributed by atoms with Gasteiger partial charge in [0.25, 0.3) is 0 Å². The number of nitrogens with zero attached hydrogens (tertiary/aromatic N) is 1. The van der Waals surface area contributed by atoms with E-state index in [0.717, 1.165) is 4.90 Å². The van der Waals surface area contributed by atoms with Crippen molar-refractivity contribution in [3.63, 3.8) is 0 Å². The second kappa shape index (κ2) is 10.1. The summed E-state index contributed by atoms with van der Waals surface area (Å²) in [5.74, 6) is 0.335. The Morgan fingerprint density at radius 3 is 2.63 bits per heavy atom. The topological polar surface area (TPSA) is 105 Å². The number of carboxylic acid groups (broad SMARTS) is 1. The number of thioether (sulfide) groups is 1. The van der Waals surface area contributed by atoms with Crippen LogP contribution in [0, 0.1) is 0 Å². The van der Waals surface area contributed by atoms with E-state index in [1.807, 2.05) is 18.2 Å². The molecule has 0 saturated carbocycles. The molecule has 148 valence electrons. The Kier molecular flexibility index (Phi) is 7.78. The molecule has 8 nitrogen and oxygen atoms in total. The molecule has 1 aromatic carbocycles. The van der Waals surface area contributed by atoms with Crippen molar-refractivity contribution in [1.29, 1.82) is 0 Å². The third-order valence-electron chi connectivity index (χ3n) is 3.97. The van der Waals surface area contributed by atoms with Crippen molar-refractivity contribution in [2.45, 2.75) is 31.2 Å². The molecular weight excluding hydrogens is 372 g/mol. The average Bonchev–Trinajstić information content (AvgIpc) is 2.64. The Labute approximate surface area is 162 Å². The zero-order valence-corrected chi connectivity index (χ0v) is 16.2. The first kappa shape index (κ1) is 20.9. The van der Waals surface area contributed by atoms with Crippen LogP contribution in [0.4, 0.5) is 0 Å². The van der Waals surface area contributed by atoms with Crippen molar-refractivity contribution in [3.8, 4) is 11.5 Å². The molecule has 0 saturated heterocycles. The summed E-state index contributed by atoms with van der Waals surface area (Å²) in [5, 5.41) is 11.8. The summed E-state index contributed by atoms with van der Waals surface area (Å²) in [7, 11) is 0. The summed E-state index contributed by atoms with van der Waals surface area (Å²) in [6.45, 7) is 4.24. The number of hydrogen-bond acceptors (Lipinski definition) is 6. The Morgan fingerprint density at radius 1 is 1.26 bits per heavy atom. The van der Waals surface area contributed by atoms with Gasteiger partial charge < -0.3 is 24.8 Å². The van der Waals surface area contributed by atoms with Crippen LogP contribution >= 0.6 is 11.8 Å². The normalized spacial score (nSPS) is 13.6. The van der Waals surface area contributed by atoms with Gasteiger partial charge in [0.1, 0.15) is 19.3 Å². The van der Waals surface area contributed by atoms with Gasteiger partial charge in [0, 0.05) is 37.1 Å². The largest absolute Gasteiger partial charge is 0.486 e. The van der Waals surface area contributed by atoms with Gasteiger partial charge in [-0.05, 0) is 25.1 Å². The minimum Gasteiger partial charge on any atom is -0.486 e. The van der Waals surface area contributed by atoms with Gasteiger partial charge in [-0.1, -0.05) is 0 Å². The predicted octanol–water partition coefficient (Wildman–Crippen LogP) is 1.38. The molecule has 1 unspecified atom stereocenters. The third kappa shape index (κ3) is 6.35. The van der Waals surface area contributed by atoms with E-state index in [1.54, 1.807) is 0 Å². The smallest absolute Gasteiger partial charge is 0.326 e. The molecule has 27 heavy (non-hydrogen) atoms. The van der Waals surface area contributed by atoms with Crippen LogP contribution in [0.2, 0.25) is 0 Å². The van der Waals surface area contributed by atoms with Gasteiger partial charge in [0.2, 0.25) is 11.8 Å². The number of ether oxygens (including phenoxy) is 2. The number of carbonyl (C=O) groups is 3. The molecule has 2 N–H and O–H groups in total. The fraction of sp³-hybridized carbons (Fsp3) is 0.500. The molecule has 0 aromatic heterocycles. The maximum absolute atomic E-state index is 12.5. The highest BCUT2D eigenvalue weighted by Crippen LogP contribution is 2.34. The summed E-state index contributed by atoms with van der Waals surface area (Å²) < 4.78 is 11.0. The number of benzene rings is 1. The number of amides is 2. The van der Waals surface area contributed by atoms with E-state index in [0.29, 0.717) is 30.5 Å². The Hall–Kier alpha value is -2.42. The number of carboxylic acids is 1. The lowest BCUT2D eigenvalue weighted by molar-refractivity contribution is -0.149. The summed E-state index contributed by atoms with van der Waals surface area (Å²) in [6.07, 6.45) is 0.191. The van der Waals surface area contributed by atoms with Crippen molar-refractivity contribution in [2.24, 2.45) is 0 Å². The average molecular weight is 396 g/mol. The zero-order chi connectivity index (χ0) is 19.8. The summed E-state index contributed by atoms with van der Waals surface area (Å²) in [5.41, 5.74) is 0. The Balaban J connectivity index is 1.88. The standard InChI is InChI=1S/C18H24N2O6S/c1-12(18(23)24)20(7-6-19-13(2)21)17(22)5-10-27-14-3-4-15-16(11-14)26-9-8-25-15/h3-4,11-12H,5-10H2,1-2H3,(H,19,21)(H,23,24). The number of carbonyl (C=O) groups excluding carboxylic acids is 2. The van der Waals surface area contributed by atoms with Crippen LogP contribution in [0.3, 0.4) is 0 Å². The molecule has 2 rings (SSSR count). The van der Waals surface area contributed by atoms with E-state index in [9.17, 15) is 19.5 Å². The number of hydrogen-bond donors (Lipinski definition) is 2. The highest BCUT2D eigenvalue weighted by molar-refractivity contribution is 7.99. The minimum absolute atomic E-state index is 0.153. The van der Waals surface area contributed by atoms with Gasteiger partial charge in [-0.15, -0.1) is 11.8 Å². The third-order valence-corrected chi connectivity index (χ3v) is 4.97. The number of aliphatic carboxylic acids is 1. The molecule has 9 heteroatoms.